The molecule has 0 spiro atoms. The fourth-order valence-corrected chi connectivity index (χ4v) is 8.46. The van der Waals surface area contributed by atoms with Crippen LogP contribution in [0.1, 0.15) is 106 Å². The number of hydrogen-bond acceptors (Lipinski definition) is 8. The molecule has 0 N–H and O–H groups in total. The molecule has 4 aromatic rings. The zero-order valence-electron chi connectivity index (χ0n) is 30.7. The van der Waals surface area contributed by atoms with Crippen molar-refractivity contribution in [3.8, 4) is 5.75 Å². The van der Waals surface area contributed by atoms with E-state index in [-0.39, 0.29) is 23.8 Å². The van der Waals surface area contributed by atoms with Gasteiger partial charge in [0.2, 0.25) is 0 Å². The van der Waals surface area contributed by atoms with Gasteiger partial charge in [0.05, 0.1) is 12.2 Å². The summed E-state index contributed by atoms with van der Waals surface area (Å²) in [5.41, 5.74) is 4.55. The van der Waals surface area contributed by atoms with E-state index in [1.807, 2.05) is 39.8 Å². The van der Waals surface area contributed by atoms with Crippen LogP contribution in [0.3, 0.4) is 0 Å². The number of benzene rings is 3. The van der Waals surface area contributed by atoms with E-state index in [0.29, 0.717) is 59.6 Å². The van der Waals surface area contributed by atoms with Crippen molar-refractivity contribution in [2.24, 2.45) is 5.92 Å². The van der Waals surface area contributed by atoms with Crippen LogP contribution in [0.2, 0.25) is 0 Å². The summed E-state index contributed by atoms with van der Waals surface area (Å²) >= 11 is 0. The van der Waals surface area contributed by atoms with Crippen molar-refractivity contribution in [3.05, 3.63) is 122 Å². The minimum absolute atomic E-state index is 0.0182. The number of carbonyl (C=O) groups excluding carboxylic acids is 2. The highest BCUT2D eigenvalue weighted by molar-refractivity contribution is 5.90. The molecule has 8 rings (SSSR count). The molecule has 4 heterocycles. The van der Waals surface area contributed by atoms with Crippen LogP contribution in [0.15, 0.2) is 93.2 Å². The third-order valence-corrected chi connectivity index (χ3v) is 11.3. The van der Waals surface area contributed by atoms with Gasteiger partial charge in [-0.15, -0.1) is 0 Å². The number of allylic oxidation sites excluding steroid dienone is 1. The van der Waals surface area contributed by atoms with Crippen molar-refractivity contribution in [1.29, 1.82) is 0 Å². The largest absolute Gasteiger partial charge is 0.483 e. The van der Waals surface area contributed by atoms with Gasteiger partial charge in [0.15, 0.2) is 12.2 Å². The molecule has 1 aromatic heterocycles. The van der Waals surface area contributed by atoms with Crippen molar-refractivity contribution in [3.63, 3.8) is 0 Å². The molecule has 3 aliphatic heterocycles. The Morgan fingerprint density at radius 2 is 1.65 bits per heavy atom. The maximum Gasteiger partial charge on any atom is 0.339 e. The summed E-state index contributed by atoms with van der Waals surface area (Å²) in [6.07, 6.45) is 2.41. The van der Waals surface area contributed by atoms with E-state index in [1.54, 1.807) is 19.2 Å². The van der Waals surface area contributed by atoms with Crippen LogP contribution in [0.4, 0.5) is 0 Å². The second-order valence-corrected chi connectivity index (χ2v) is 15.4. The Balaban J connectivity index is 1.33. The lowest BCUT2D eigenvalue weighted by atomic mass is 9.68. The van der Waals surface area contributed by atoms with E-state index in [4.69, 9.17) is 23.4 Å². The second kappa shape index (κ2) is 14.7. The first-order chi connectivity index (χ1) is 25.0. The lowest BCUT2D eigenvalue weighted by Gasteiger charge is -2.43. The fourth-order valence-electron chi connectivity index (χ4n) is 8.46. The summed E-state index contributed by atoms with van der Waals surface area (Å²) in [4.78, 5) is 41.8. The Morgan fingerprint density at radius 1 is 0.885 bits per heavy atom. The van der Waals surface area contributed by atoms with Crippen molar-refractivity contribution in [2.45, 2.75) is 102 Å². The normalized spacial score (nSPS) is 24.6. The van der Waals surface area contributed by atoms with Gasteiger partial charge in [-0.1, -0.05) is 60.2 Å². The van der Waals surface area contributed by atoms with Crippen LogP contribution < -0.4 is 10.4 Å². The molecule has 2 bridgehead atoms. The molecule has 1 aliphatic carbocycles. The zero-order valence-corrected chi connectivity index (χ0v) is 30.7. The summed E-state index contributed by atoms with van der Waals surface area (Å²) in [6, 6.07) is 24.6. The van der Waals surface area contributed by atoms with Crippen LogP contribution in [-0.4, -0.2) is 37.4 Å². The molecule has 0 amide bonds. The van der Waals surface area contributed by atoms with Crippen molar-refractivity contribution < 1.29 is 33.0 Å². The van der Waals surface area contributed by atoms with Gasteiger partial charge < -0.3 is 23.4 Å². The predicted molar refractivity (Wildman–Crippen MR) is 199 cm³/mol. The van der Waals surface area contributed by atoms with Crippen molar-refractivity contribution in [2.75, 3.05) is 13.7 Å². The first-order valence-corrected chi connectivity index (χ1v) is 18.5. The van der Waals surface area contributed by atoms with Crippen molar-refractivity contribution in [1.82, 2.24) is 0 Å². The molecule has 0 saturated heterocycles. The lowest BCUT2D eigenvalue weighted by Crippen LogP contribution is -2.52. The van der Waals surface area contributed by atoms with Gasteiger partial charge in [-0.05, 0) is 112 Å². The summed E-state index contributed by atoms with van der Waals surface area (Å²) in [5.74, 6) is 0.0389. The van der Waals surface area contributed by atoms with E-state index < -0.39 is 35.4 Å². The topological polar surface area (TPSA) is 101 Å². The van der Waals surface area contributed by atoms with Gasteiger partial charge >= 0.3 is 17.6 Å². The van der Waals surface area contributed by atoms with Crippen LogP contribution in [0.5, 0.6) is 5.75 Å². The van der Waals surface area contributed by atoms with Crippen LogP contribution in [-0.2, 0) is 36.6 Å². The fraction of sp³-hybridized carbons (Fsp3) is 0.432. The number of rotatable bonds is 4. The highest BCUT2D eigenvalue weighted by atomic mass is 16.6. The number of methoxy groups -OCH3 is 1. The predicted octanol–water partition coefficient (Wildman–Crippen LogP) is 8.69. The number of fused-ring (bicyclic) bond motifs is 11. The first kappa shape index (κ1) is 35.7. The standard InChI is InChI=1S/C44H48O8/c1-26(2)34-18-13-27-11-14-29(15-12-27)35-19-16-30(28-9-7-6-8-10-28)23-33(35)25-37(45)49-40-38-36(52-44(3,4)41(40)51-43(34)47)20-17-31-24-32(21-22-48-5)42(46)50-39(31)38/h6-12,14-15,17,20,24,30,33,35,40-41H,13,16,18-19,21-23,25H2,1-5H3. The molecule has 3 aromatic carbocycles. The van der Waals surface area contributed by atoms with Gasteiger partial charge in [-0.25, -0.2) is 9.59 Å². The number of hydrogen-bond donors (Lipinski definition) is 0. The van der Waals surface area contributed by atoms with E-state index in [9.17, 15) is 14.4 Å². The Kier molecular flexibility index (Phi) is 10.1. The van der Waals surface area contributed by atoms with Gasteiger partial charge in [0.1, 0.15) is 16.9 Å². The molecule has 1 fully saturated rings. The molecule has 5 atom stereocenters. The van der Waals surface area contributed by atoms with Gasteiger partial charge in [0, 0.05) is 36.5 Å². The Morgan fingerprint density at radius 3 is 2.38 bits per heavy atom. The van der Waals surface area contributed by atoms with Crippen molar-refractivity contribution >= 4 is 22.9 Å². The summed E-state index contributed by atoms with van der Waals surface area (Å²) in [6.45, 7) is 7.82. The highest BCUT2D eigenvalue weighted by Crippen LogP contribution is 2.49. The zero-order chi connectivity index (χ0) is 36.6. The number of ether oxygens (including phenoxy) is 4. The first-order valence-electron chi connectivity index (χ1n) is 18.5. The Labute approximate surface area is 305 Å². The summed E-state index contributed by atoms with van der Waals surface area (Å²) in [7, 11) is 1.58. The average molecular weight is 705 g/mol. The molecule has 8 heteroatoms. The summed E-state index contributed by atoms with van der Waals surface area (Å²) < 4.78 is 30.6. The quantitative estimate of drug-likeness (QED) is 0.118. The van der Waals surface area contributed by atoms with E-state index in [0.717, 1.165) is 30.4 Å². The smallest absolute Gasteiger partial charge is 0.339 e. The number of carbonyl (C=O) groups is 2. The molecule has 1 saturated carbocycles. The number of aryl methyl sites for hydroxylation is 1. The van der Waals surface area contributed by atoms with Crippen LogP contribution >= 0.6 is 0 Å². The van der Waals surface area contributed by atoms with Gasteiger partial charge in [-0.3, -0.25) is 4.79 Å². The third kappa shape index (κ3) is 7.18. The van der Waals surface area contributed by atoms with Crippen LogP contribution in [0.25, 0.3) is 11.0 Å². The number of esters is 2. The minimum Gasteiger partial charge on any atom is -0.483 e. The third-order valence-electron chi connectivity index (χ3n) is 11.3. The molecule has 52 heavy (non-hydrogen) atoms. The molecule has 0 radical (unpaired) electrons. The minimum atomic E-state index is -1.10. The average Bonchev–Trinajstić information content (AvgIpc) is 3.12. The van der Waals surface area contributed by atoms with Gasteiger partial charge in [0.25, 0.3) is 0 Å². The molecule has 4 aliphatic rings. The molecule has 8 nitrogen and oxygen atoms in total. The molecular formula is C44H48O8. The lowest BCUT2D eigenvalue weighted by molar-refractivity contribution is -0.188. The maximum atomic E-state index is 14.4. The summed E-state index contributed by atoms with van der Waals surface area (Å²) in [5, 5.41) is 0.645. The maximum absolute atomic E-state index is 14.4. The SMILES string of the molecule is COCCc1cc2ccc3c(c2oc1=O)C1OC(=O)CC2CC(c4ccccc4)CCC2c2ccc(cc2)CCC(=C(C)C)C(=O)OC1C(C)(C)O3. The van der Waals surface area contributed by atoms with E-state index >= 15 is 0 Å². The second-order valence-electron chi connectivity index (χ2n) is 15.4. The molecular weight excluding hydrogens is 656 g/mol. The highest BCUT2D eigenvalue weighted by Gasteiger charge is 2.51. The Bertz CT molecular complexity index is 2040. The Hall–Kier alpha value is -4.69. The van der Waals surface area contributed by atoms with E-state index in [1.165, 1.54) is 11.1 Å². The molecule has 272 valence electrons. The van der Waals surface area contributed by atoms with Crippen LogP contribution in [0, 0.1) is 5.92 Å². The van der Waals surface area contributed by atoms with Gasteiger partial charge in [-0.2, -0.15) is 0 Å². The molecule has 5 unspecified atom stereocenters. The monoisotopic (exact) mass is 704 g/mol. The van der Waals surface area contributed by atoms with E-state index in [2.05, 4.69) is 48.5 Å².